The summed E-state index contributed by atoms with van der Waals surface area (Å²) in [5, 5.41) is 8.78. The van der Waals surface area contributed by atoms with Gasteiger partial charge in [-0.2, -0.15) is 9.40 Å². The van der Waals surface area contributed by atoms with Gasteiger partial charge >= 0.3 is 0 Å². The molecule has 24 heavy (non-hydrogen) atoms. The van der Waals surface area contributed by atoms with E-state index in [-0.39, 0.29) is 17.6 Å². The van der Waals surface area contributed by atoms with E-state index in [1.807, 2.05) is 10.7 Å². The largest absolute Gasteiger partial charge is 0.350 e. The van der Waals surface area contributed by atoms with Crippen LogP contribution in [0.5, 0.6) is 0 Å². The third-order valence-corrected chi connectivity index (χ3v) is 6.39. The Labute approximate surface area is 144 Å². The molecule has 3 rings (SSSR count). The minimum atomic E-state index is -3.31. The van der Waals surface area contributed by atoms with E-state index in [9.17, 15) is 13.2 Å². The van der Waals surface area contributed by atoms with Gasteiger partial charge in [0.1, 0.15) is 5.69 Å². The lowest BCUT2D eigenvalue weighted by Gasteiger charge is -2.23. The molecule has 0 bridgehead atoms. The number of aromatic nitrogens is 3. The lowest BCUT2D eigenvalue weighted by Crippen LogP contribution is -2.39. The molecule has 8 nitrogen and oxygen atoms in total. The Morgan fingerprint density at radius 3 is 3.00 bits per heavy atom. The highest BCUT2D eigenvalue weighted by Crippen LogP contribution is 2.18. The third-order valence-electron chi connectivity index (χ3n) is 4.01. The van der Waals surface area contributed by atoms with Gasteiger partial charge in [0.25, 0.3) is 5.91 Å². The highest BCUT2D eigenvalue weighted by Gasteiger charge is 2.29. The Morgan fingerprint density at radius 2 is 2.29 bits per heavy atom. The Bertz CT molecular complexity index is 800. The van der Waals surface area contributed by atoms with Gasteiger partial charge in [-0.1, -0.05) is 0 Å². The van der Waals surface area contributed by atoms with Crippen molar-refractivity contribution in [1.82, 2.24) is 24.4 Å². The Kier molecular flexibility index (Phi) is 4.97. The normalized spacial score (nSPS) is 18.8. The summed E-state index contributed by atoms with van der Waals surface area (Å²) in [5.41, 5.74) is 2.85. The van der Waals surface area contributed by atoms with Crippen LogP contribution >= 0.6 is 11.3 Å². The van der Waals surface area contributed by atoms with Crippen LogP contribution in [0, 0.1) is 5.92 Å². The molecule has 1 N–H and O–H groups in total. The van der Waals surface area contributed by atoms with Crippen LogP contribution in [0.1, 0.15) is 23.1 Å². The molecule has 3 heterocycles. The molecule has 2 aromatic rings. The summed E-state index contributed by atoms with van der Waals surface area (Å²) < 4.78 is 27.9. The van der Waals surface area contributed by atoms with Gasteiger partial charge in [-0.05, 0) is 13.0 Å². The lowest BCUT2D eigenvalue weighted by atomic mass is 10.1. The lowest BCUT2D eigenvalue weighted by molar-refractivity contribution is 0.0940. The first kappa shape index (κ1) is 17.1. The molecular weight excluding hydrogens is 350 g/mol. The van der Waals surface area contributed by atoms with Gasteiger partial charge in [-0.3, -0.25) is 9.48 Å². The zero-order valence-electron chi connectivity index (χ0n) is 13.3. The van der Waals surface area contributed by atoms with Crippen LogP contribution in [-0.4, -0.2) is 52.2 Å². The predicted octanol–water partition coefficient (Wildman–Crippen LogP) is 0.551. The molecule has 10 heteroatoms. The van der Waals surface area contributed by atoms with Crippen molar-refractivity contribution in [2.45, 2.75) is 20.0 Å². The maximum absolute atomic E-state index is 12.3. The first-order chi connectivity index (χ1) is 11.5. The topological polar surface area (TPSA) is 97.2 Å². The number of sulfonamides is 1. The number of nitrogens with one attached hydrogen (secondary N) is 1. The zero-order valence-corrected chi connectivity index (χ0v) is 14.9. The molecule has 0 fully saturated rings. The number of carbonyl (C=O) groups is 1. The fourth-order valence-electron chi connectivity index (χ4n) is 2.67. The zero-order chi connectivity index (χ0) is 17.2. The van der Waals surface area contributed by atoms with E-state index >= 15 is 0 Å². The number of rotatable bonds is 5. The van der Waals surface area contributed by atoms with E-state index in [0.29, 0.717) is 31.9 Å². The first-order valence-corrected chi connectivity index (χ1v) is 10.2. The second kappa shape index (κ2) is 6.99. The second-order valence-electron chi connectivity index (χ2n) is 5.65. The molecule has 0 aliphatic carbocycles. The molecule has 1 aliphatic heterocycles. The number of carbonyl (C=O) groups excluding carboxylic acids is 1. The predicted molar refractivity (Wildman–Crippen MR) is 90.0 cm³/mol. The smallest absolute Gasteiger partial charge is 0.270 e. The molecule has 1 atom stereocenters. The van der Waals surface area contributed by atoms with E-state index in [2.05, 4.69) is 15.4 Å². The molecule has 0 radical (unpaired) electrons. The van der Waals surface area contributed by atoms with Crippen molar-refractivity contribution in [3.05, 3.63) is 34.5 Å². The summed E-state index contributed by atoms with van der Waals surface area (Å²) in [6, 6.07) is 1.83. The highest BCUT2D eigenvalue weighted by molar-refractivity contribution is 7.89. The van der Waals surface area contributed by atoms with Crippen molar-refractivity contribution in [3.63, 3.8) is 0 Å². The first-order valence-electron chi connectivity index (χ1n) is 7.64. The average molecular weight is 369 g/mol. The summed E-state index contributed by atoms with van der Waals surface area (Å²) in [6.45, 7) is 3.24. The van der Waals surface area contributed by atoms with E-state index in [4.69, 9.17) is 0 Å². The fraction of sp³-hybridized carbons (Fsp3) is 0.500. The fourth-order valence-corrected chi connectivity index (χ4v) is 4.33. The number of hydrogen-bond acceptors (Lipinski definition) is 6. The third kappa shape index (κ3) is 3.65. The van der Waals surface area contributed by atoms with Crippen LogP contribution in [0.15, 0.2) is 23.2 Å². The van der Waals surface area contributed by atoms with Crippen LogP contribution in [0.3, 0.4) is 0 Å². The van der Waals surface area contributed by atoms with Gasteiger partial charge in [0.05, 0.1) is 23.5 Å². The number of fused-ring (bicyclic) bond motifs is 1. The molecule has 0 unspecified atom stereocenters. The molecule has 130 valence electrons. The summed E-state index contributed by atoms with van der Waals surface area (Å²) in [6.07, 6.45) is 1.67. The molecule has 0 saturated heterocycles. The van der Waals surface area contributed by atoms with Crippen molar-refractivity contribution in [1.29, 1.82) is 0 Å². The molecule has 0 aromatic carbocycles. The summed E-state index contributed by atoms with van der Waals surface area (Å²) in [7, 11) is -3.31. The molecule has 0 saturated carbocycles. The standard InChI is InChI=1S/C14H19N5O3S2/c1-2-24(21,22)18-6-11(7-19-12(8-18)3-4-17-19)5-15-14(20)13-9-23-10-16-13/h3-4,9-11H,2,5-8H2,1H3,(H,15,20)/t11-/m0/s1. The van der Waals surface area contributed by atoms with E-state index in [1.165, 1.54) is 15.6 Å². The Hall–Kier alpha value is -1.78. The SMILES string of the molecule is CCS(=O)(=O)N1Cc2ccnn2C[C@@H](CNC(=O)c2cscn2)C1. The van der Waals surface area contributed by atoms with Crippen molar-refractivity contribution < 1.29 is 13.2 Å². The maximum Gasteiger partial charge on any atom is 0.270 e. The highest BCUT2D eigenvalue weighted by atomic mass is 32.2. The van der Waals surface area contributed by atoms with Crippen molar-refractivity contribution >= 4 is 27.3 Å². The van der Waals surface area contributed by atoms with E-state index < -0.39 is 10.0 Å². The summed E-state index contributed by atoms with van der Waals surface area (Å²) in [5.74, 6) is -0.250. The molecule has 1 amide bonds. The molecular formula is C14H19N5O3S2. The molecule has 2 aromatic heterocycles. The molecule has 0 spiro atoms. The summed E-state index contributed by atoms with van der Waals surface area (Å²) >= 11 is 1.36. The van der Waals surface area contributed by atoms with Crippen LogP contribution in [0.2, 0.25) is 0 Å². The van der Waals surface area contributed by atoms with Crippen LogP contribution in [-0.2, 0) is 23.1 Å². The Morgan fingerprint density at radius 1 is 1.46 bits per heavy atom. The van der Waals surface area contributed by atoms with E-state index in [1.54, 1.807) is 24.0 Å². The summed E-state index contributed by atoms with van der Waals surface area (Å²) in [4.78, 5) is 16.0. The van der Waals surface area contributed by atoms with Crippen LogP contribution in [0.25, 0.3) is 0 Å². The van der Waals surface area contributed by atoms with Crippen molar-refractivity contribution in [3.8, 4) is 0 Å². The van der Waals surface area contributed by atoms with Gasteiger partial charge in [-0.15, -0.1) is 11.3 Å². The van der Waals surface area contributed by atoms with Crippen molar-refractivity contribution in [2.75, 3.05) is 18.8 Å². The minimum Gasteiger partial charge on any atom is -0.350 e. The number of nitrogens with zero attached hydrogens (tertiary/aromatic N) is 4. The quantitative estimate of drug-likeness (QED) is 0.830. The van der Waals surface area contributed by atoms with Crippen LogP contribution < -0.4 is 5.32 Å². The average Bonchev–Trinajstić information content (AvgIpc) is 3.21. The van der Waals surface area contributed by atoms with Crippen molar-refractivity contribution in [2.24, 2.45) is 5.92 Å². The second-order valence-corrected chi connectivity index (χ2v) is 8.62. The van der Waals surface area contributed by atoms with Gasteiger partial charge in [0.2, 0.25) is 10.0 Å². The number of amides is 1. The number of thiazole rings is 1. The van der Waals surface area contributed by atoms with Gasteiger partial charge < -0.3 is 5.32 Å². The monoisotopic (exact) mass is 369 g/mol. The van der Waals surface area contributed by atoms with Gasteiger partial charge in [-0.25, -0.2) is 13.4 Å². The Balaban J connectivity index is 1.73. The number of hydrogen-bond donors (Lipinski definition) is 1. The molecule has 1 aliphatic rings. The maximum atomic E-state index is 12.3. The van der Waals surface area contributed by atoms with Gasteiger partial charge in [0, 0.05) is 37.1 Å². The van der Waals surface area contributed by atoms with Crippen LogP contribution in [0.4, 0.5) is 0 Å². The van der Waals surface area contributed by atoms with Gasteiger partial charge in [0.15, 0.2) is 0 Å². The minimum absolute atomic E-state index is 0.0546. The van der Waals surface area contributed by atoms with E-state index in [0.717, 1.165) is 5.69 Å².